The SMILES string of the molecule is CC(=NCc1ccc(C(F)(F)F)cc1)c1c(O)n(-c2ccccc2C(F)(F)F)c(=O)[nH]c1=O. The maximum absolute atomic E-state index is 13.4. The molecule has 0 atom stereocenters. The van der Waals surface area contributed by atoms with E-state index in [1.165, 1.54) is 25.1 Å². The molecule has 2 N–H and O–H groups in total. The van der Waals surface area contributed by atoms with Crippen molar-refractivity contribution in [3.8, 4) is 11.6 Å². The fourth-order valence-corrected chi connectivity index (χ4v) is 3.07. The van der Waals surface area contributed by atoms with E-state index in [0.717, 1.165) is 24.3 Å². The third-order valence-corrected chi connectivity index (χ3v) is 4.68. The molecule has 0 unspecified atom stereocenters. The molecule has 0 fully saturated rings. The first-order valence-electron chi connectivity index (χ1n) is 9.23. The summed E-state index contributed by atoms with van der Waals surface area (Å²) in [6, 6.07) is 7.99. The zero-order valence-corrected chi connectivity index (χ0v) is 16.8. The van der Waals surface area contributed by atoms with Crippen molar-refractivity contribution in [2.24, 2.45) is 4.99 Å². The van der Waals surface area contributed by atoms with E-state index < -0.39 is 51.9 Å². The topological polar surface area (TPSA) is 87.4 Å². The van der Waals surface area contributed by atoms with Gasteiger partial charge in [-0.25, -0.2) is 9.36 Å². The lowest BCUT2D eigenvalue weighted by Gasteiger charge is -2.16. The van der Waals surface area contributed by atoms with E-state index in [9.17, 15) is 41.0 Å². The number of alkyl halides is 6. The smallest absolute Gasteiger partial charge is 0.418 e. The summed E-state index contributed by atoms with van der Waals surface area (Å²) in [5.41, 5.74) is -5.54. The molecule has 174 valence electrons. The Labute approximate surface area is 181 Å². The zero-order chi connectivity index (χ0) is 24.6. The zero-order valence-electron chi connectivity index (χ0n) is 16.8. The summed E-state index contributed by atoms with van der Waals surface area (Å²) in [4.78, 5) is 30.4. The van der Waals surface area contributed by atoms with E-state index in [4.69, 9.17) is 0 Å². The van der Waals surface area contributed by atoms with Crippen LogP contribution in [0.2, 0.25) is 0 Å². The molecule has 0 aliphatic rings. The predicted molar refractivity (Wildman–Crippen MR) is 107 cm³/mol. The number of rotatable bonds is 4. The lowest BCUT2D eigenvalue weighted by atomic mass is 10.1. The van der Waals surface area contributed by atoms with Crippen LogP contribution in [0, 0.1) is 0 Å². The predicted octanol–water partition coefficient (Wildman–Crippen LogP) is 4.28. The summed E-state index contributed by atoms with van der Waals surface area (Å²) >= 11 is 0. The number of hydrogen-bond donors (Lipinski definition) is 2. The number of benzene rings is 2. The van der Waals surface area contributed by atoms with Gasteiger partial charge < -0.3 is 5.11 Å². The van der Waals surface area contributed by atoms with Gasteiger partial charge in [0.25, 0.3) is 5.56 Å². The number of aliphatic imine (C=N–C) groups is 1. The van der Waals surface area contributed by atoms with Gasteiger partial charge in [0.05, 0.1) is 29.1 Å². The Morgan fingerprint density at radius 2 is 1.58 bits per heavy atom. The van der Waals surface area contributed by atoms with Crippen molar-refractivity contribution in [3.05, 3.63) is 91.6 Å². The number of H-pyrrole nitrogens is 1. The Hall–Kier alpha value is -3.83. The molecular formula is C21H15F6N3O3. The summed E-state index contributed by atoms with van der Waals surface area (Å²) in [5.74, 6) is -1.06. The minimum Gasteiger partial charge on any atom is -0.493 e. The molecule has 0 saturated carbocycles. The van der Waals surface area contributed by atoms with Crippen molar-refractivity contribution in [2.75, 3.05) is 0 Å². The molecule has 0 bridgehead atoms. The lowest BCUT2D eigenvalue weighted by molar-refractivity contribution is -0.138. The van der Waals surface area contributed by atoms with Crippen molar-refractivity contribution >= 4 is 5.71 Å². The van der Waals surface area contributed by atoms with E-state index in [1.807, 2.05) is 4.98 Å². The van der Waals surface area contributed by atoms with Gasteiger partial charge in [0, 0.05) is 0 Å². The van der Waals surface area contributed by atoms with Crippen LogP contribution in [0.3, 0.4) is 0 Å². The highest BCUT2D eigenvalue weighted by molar-refractivity contribution is 6.00. The molecule has 0 radical (unpaired) electrons. The second kappa shape index (κ2) is 8.60. The first-order valence-corrected chi connectivity index (χ1v) is 9.23. The van der Waals surface area contributed by atoms with Crippen molar-refractivity contribution < 1.29 is 31.4 Å². The van der Waals surface area contributed by atoms with Crippen LogP contribution < -0.4 is 11.2 Å². The van der Waals surface area contributed by atoms with Crippen LogP contribution >= 0.6 is 0 Å². The Bertz CT molecular complexity index is 1320. The minimum absolute atomic E-state index is 0.146. The Morgan fingerprint density at radius 1 is 0.970 bits per heavy atom. The third-order valence-electron chi connectivity index (χ3n) is 4.68. The maximum Gasteiger partial charge on any atom is 0.418 e. The van der Waals surface area contributed by atoms with Crippen LogP contribution in [-0.2, 0) is 18.9 Å². The number of halogens is 6. The van der Waals surface area contributed by atoms with Crippen LogP contribution in [-0.4, -0.2) is 20.4 Å². The van der Waals surface area contributed by atoms with Gasteiger partial charge in [0.1, 0.15) is 5.56 Å². The fourth-order valence-electron chi connectivity index (χ4n) is 3.07. The normalized spacial score (nSPS) is 12.8. The monoisotopic (exact) mass is 471 g/mol. The van der Waals surface area contributed by atoms with Gasteiger partial charge in [-0.15, -0.1) is 0 Å². The Morgan fingerprint density at radius 3 is 2.15 bits per heavy atom. The molecule has 2 aromatic carbocycles. The van der Waals surface area contributed by atoms with Crippen molar-refractivity contribution in [2.45, 2.75) is 25.8 Å². The first-order chi connectivity index (χ1) is 15.3. The second-order valence-corrected chi connectivity index (χ2v) is 6.90. The molecule has 0 aliphatic heterocycles. The van der Waals surface area contributed by atoms with Gasteiger partial charge in [0.2, 0.25) is 5.88 Å². The highest BCUT2D eigenvalue weighted by Gasteiger charge is 2.35. The largest absolute Gasteiger partial charge is 0.493 e. The molecule has 6 nitrogen and oxygen atoms in total. The van der Waals surface area contributed by atoms with E-state index in [1.54, 1.807) is 0 Å². The quantitative estimate of drug-likeness (QED) is 0.440. The van der Waals surface area contributed by atoms with E-state index in [2.05, 4.69) is 4.99 Å². The van der Waals surface area contributed by atoms with Gasteiger partial charge in [-0.1, -0.05) is 24.3 Å². The number of hydrogen-bond acceptors (Lipinski definition) is 4. The second-order valence-electron chi connectivity index (χ2n) is 6.90. The highest BCUT2D eigenvalue weighted by atomic mass is 19.4. The van der Waals surface area contributed by atoms with Gasteiger partial charge in [-0.3, -0.25) is 14.8 Å². The molecule has 1 heterocycles. The summed E-state index contributed by atoms with van der Waals surface area (Å²) in [7, 11) is 0. The molecule has 0 saturated heterocycles. The number of nitrogens with one attached hydrogen (secondary N) is 1. The molecule has 33 heavy (non-hydrogen) atoms. The lowest BCUT2D eigenvalue weighted by Crippen LogP contribution is -2.33. The van der Waals surface area contributed by atoms with Gasteiger partial charge in [-0.05, 0) is 36.8 Å². The first kappa shape index (κ1) is 23.8. The maximum atomic E-state index is 13.4. The number of aromatic hydroxyl groups is 1. The summed E-state index contributed by atoms with van der Waals surface area (Å²) in [6.45, 7) is 1.07. The molecule has 3 aromatic rings. The minimum atomic E-state index is -4.86. The molecule has 1 aromatic heterocycles. The molecule has 3 rings (SSSR count). The fraction of sp³-hybridized carbons (Fsp3) is 0.190. The van der Waals surface area contributed by atoms with E-state index in [-0.39, 0.29) is 12.3 Å². The average molecular weight is 471 g/mol. The van der Waals surface area contributed by atoms with E-state index >= 15 is 0 Å². The molecule has 0 spiro atoms. The van der Waals surface area contributed by atoms with Crippen LogP contribution in [0.4, 0.5) is 26.3 Å². The molecule has 0 amide bonds. The highest BCUT2D eigenvalue weighted by Crippen LogP contribution is 2.34. The third kappa shape index (κ3) is 4.99. The van der Waals surface area contributed by atoms with Crippen molar-refractivity contribution in [1.29, 1.82) is 0 Å². The molecule has 12 heteroatoms. The van der Waals surface area contributed by atoms with Crippen LogP contribution in [0.1, 0.15) is 29.2 Å². The average Bonchev–Trinajstić information content (AvgIpc) is 2.71. The number of para-hydroxylation sites is 1. The van der Waals surface area contributed by atoms with Gasteiger partial charge >= 0.3 is 18.0 Å². The van der Waals surface area contributed by atoms with E-state index in [0.29, 0.717) is 16.2 Å². The number of nitrogens with zero attached hydrogens (tertiary/aromatic N) is 2. The summed E-state index contributed by atoms with van der Waals surface area (Å²) < 4.78 is 78.4. The Kier molecular flexibility index (Phi) is 6.21. The van der Waals surface area contributed by atoms with Gasteiger partial charge in [-0.2, -0.15) is 26.3 Å². The van der Waals surface area contributed by atoms with Crippen LogP contribution in [0.15, 0.2) is 63.1 Å². The standard InChI is InChI=1S/C21H15F6N3O3/c1-11(28-10-12-6-8-13(9-7-12)20(22,23)24)16-17(31)29-19(33)30(18(16)32)15-5-3-2-4-14(15)21(25,26)27/h2-9,32H,10H2,1H3,(H,29,31,33). The van der Waals surface area contributed by atoms with Crippen LogP contribution in [0.25, 0.3) is 5.69 Å². The summed E-state index contributed by atoms with van der Waals surface area (Å²) in [6.07, 6.45) is -9.37. The molecule has 0 aliphatic carbocycles. The van der Waals surface area contributed by atoms with Crippen molar-refractivity contribution in [3.63, 3.8) is 0 Å². The number of aromatic amines is 1. The number of aromatic nitrogens is 2. The van der Waals surface area contributed by atoms with Crippen molar-refractivity contribution in [1.82, 2.24) is 9.55 Å². The summed E-state index contributed by atoms with van der Waals surface area (Å²) in [5, 5.41) is 10.6. The van der Waals surface area contributed by atoms with Crippen LogP contribution in [0.5, 0.6) is 5.88 Å². The Balaban J connectivity index is 2.05. The molecular weight excluding hydrogens is 456 g/mol. The van der Waals surface area contributed by atoms with Gasteiger partial charge in [0.15, 0.2) is 0 Å².